The molecular formula is C18H23N3O. The van der Waals surface area contributed by atoms with Crippen LogP contribution in [-0.4, -0.2) is 35.9 Å². The number of benzene rings is 1. The Labute approximate surface area is 132 Å². The summed E-state index contributed by atoms with van der Waals surface area (Å²) in [5.74, 6) is -0.369. The number of hydrogen-bond donors (Lipinski definition) is 1. The van der Waals surface area contributed by atoms with Gasteiger partial charge in [-0.15, -0.1) is 0 Å². The highest BCUT2D eigenvalue weighted by molar-refractivity contribution is 5.90. The molecule has 1 aromatic heterocycles. The van der Waals surface area contributed by atoms with E-state index in [0.29, 0.717) is 12.1 Å². The van der Waals surface area contributed by atoms with E-state index in [1.165, 1.54) is 0 Å². The van der Waals surface area contributed by atoms with Crippen molar-refractivity contribution in [3.05, 3.63) is 66.0 Å². The summed E-state index contributed by atoms with van der Waals surface area (Å²) in [5.41, 5.74) is 6.54. The Balaban J connectivity index is 2.63. The van der Waals surface area contributed by atoms with E-state index in [1.807, 2.05) is 62.6 Å². The summed E-state index contributed by atoms with van der Waals surface area (Å²) in [6.45, 7) is 2.09. The van der Waals surface area contributed by atoms with Crippen molar-refractivity contribution in [2.24, 2.45) is 5.73 Å². The standard InChI is InChI=1S/C18H23N3O/c1-14(21(2)3)13-18(17(19)22,15-9-5-4-6-10-15)16-11-7-8-12-20-16/h4-12,14H,13H2,1-3H3,(H2,19,22)/t14-,18+/m0/s1. The number of aromatic nitrogens is 1. The molecule has 1 heterocycles. The molecule has 2 rings (SSSR count). The smallest absolute Gasteiger partial charge is 0.234 e. The molecule has 0 aliphatic carbocycles. The molecule has 116 valence electrons. The minimum atomic E-state index is -0.924. The van der Waals surface area contributed by atoms with Crippen LogP contribution in [0.15, 0.2) is 54.7 Å². The first-order valence-corrected chi connectivity index (χ1v) is 7.42. The van der Waals surface area contributed by atoms with Crippen molar-refractivity contribution < 1.29 is 4.79 Å². The fraction of sp³-hybridized carbons (Fsp3) is 0.333. The van der Waals surface area contributed by atoms with E-state index in [4.69, 9.17) is 5.73 Å². The second-order valence-corrected chi connectivity index (χ2v) is 5.87. The van der Waals surface area contributed by atoms with Gasteiger partial charge in [-0.2, -0.15) is 0 Å². The molecule has 2 aromatic rings. The van der Waals surface area contributed by atoms with Crippen molar-refractivity contribution in [3.63, 3.8) is 0 Å². The molecule has 0 fully saturated rings. The number of carbonyl (C=O) groups is 1. The SMILES string of the molecule is C[C@@H](C[C@@](C(N)=O)(c1ccccc1)c1ccccn1)N(C)C. The van der Waals surface area contributed by atoms with Gasteiger partial charge in [0, 0.05) is 12.2 Å². The maximum absolute atomic E-state index is 12.5. The van der Waals surface area contributed by atoms with Crippen LogP contribution >= 0.6 is 0 Å². The second kappa shape index (κ2) is 6.71. The van der Waals surface area contributed by atoms with Gasteiger partial charge in [0.15, 0.2) is 0 Å². The lowest BCUT2D eigenvalue weighted by Gasteiger charge is -2.35. The summed E-state index contributed by atoms with van der Waals surface area (Å²) in [4.78, 5) is 19.1. The highest BCUT2D eigenvalue weighted by Gasteiger charge is 2.43. The number of hydrogen-bond acceptors (Lipinski definition) is 3. The average Bonchev–Trinajstić information content (AvgIpc) is 2.53. The van der Waals surface area contributed by atoms with Gasteiger partial charge in [0.05, 0.1) is 5.69 Å². The zero-order chi connectivity index (χ0) is 16.2. The Morgan fingerprint density at radius 3 is 2.32 bits per heavy atom. The molecule has 0 unspecified atom stereocenters. The molecule has 0 saturated carbocycles. The fourth-order valence-corrected chi connectivity index (χ4v) is 2.70. The zero-order valence-electron chi connectivity index (χ0n) is 13.4. The molecule has 0 aliphatic rings. The topological polar surface area (TPSA) is 59.2 Å². The molecule has 22 heavy (non-hydrogen) atoms. The van der Waals surface area contributed by atoms with Gasteiger partial charge in [-0.3, -0.25) is 9.78 Å². The predicted octanol–water partition coefficient (Wildman–Crippen LogP) is 2.19. The van der Waals surface area contributed by atoms with Crippen LogP contribution in [0.3, 0.4) is 0 Å². The van der Waals surface area contributed by atoms with Gasteiger partial charge >= 0.3 is 0 Å². The van der Waals surface area contributed by atoms with Crippen LogP contribution in [-0.2, 0) is 10.2 Å². The first kappa shape index (κ1) is 16.2. The highest BCUT2D eigenvalue weighted by Crippen LogP contribution is 2.36. The number of rotatable bonds is 6. The molecule has 4 heteroatoms. The number of nitrogens with zero attached hydrogens (tertiary/aromatic N) is 2. The first-order valence-electron chi connectivity index (χ1n) is 7.42. The monoisotopic (exact) mass is 297 g/mol. The lowest BCUT2D eigenvalue weighted by molar-refractivity contribution is -0.122. The summed E-state index contributed by atoms with van der Waals surface area (Å²) in [6.07, 6.45) is 2.28. The molecule has 0 saturated heterocycles. The summed E-state index contributed by atoms with van der Waals surface area (Å²) in [6, 6.07) is 15.5. The van der Waals surface area contributed by atoms with Gasteiger partial charge in [-0.1, -0.05) is 36.4 Å². The normalized spacial score (nSPS) is 15.3. The van der Waals surface area contributed by atoms with Crippen molar-refractivity contribution in [2.45, 2.75) is 24.8 Å². The number of nitrogens with two attached hydrogens (primary N) is 1. The third-order valence-corrected chi connectivity index (χ3v) is 4.27. The van der Waals surface area contributed by atoms with Crippen molar-refractivity contribution in [3.8, 4) is 0 Å². The van der Waals surface area contributed by atoms with Crippen molar-refractivity contribution in [1.82, 2.24) is 9.88 Å². The van der Waals surface area contributed by atoms with E-state index in [2.05, 4.69) is 16.8 Å². The first-order chi connectivity index (χ1) is 10.5. The number of primary amides is 1. The van der Waals surface area contributed by atoms with Crippen molar-refractivity contribution in [1.29, 1.82) is 0 Å². The van der Waals surface area contributed by atoms with E-state index in [-0.39, 0.29) is 11.9 Å². The Hall–Kier alpha value is -2.20. The second-order valence-electron chi connectivity index (χ2n) is 5.87. The Morgan fingerprint density at radius 2 is 1.82 bits per heavy atom. The largest absolute Gasteiger partial charge is 0.369 e. The predicted molar refractivity (Wildman–Crippen MR) is 88.4 cm³/mol. The van der Waals surface area contributed by atoms with Gasteiger partial charge in [0.2, 0.25) is 5.91 Å². The molecule has 2 atom stereocenters. The van der Waals surface area contributed by atoms with Gasteiger partial charge in [-0.25, -0.2) is 0 Å². The fourth-order valence-electron chi connectivity index (χ4n) is 2.70. The van der Waals surface area contributed by atoms with Crippen LogP contribution in [0, 0.1) is 0 Å². The minimum Gasteiger partial charge on any atom is -0.369 e. The minimum absolute atomic E-state index is 0.176. The highest BCUT2D eigenvalue weighted by atomic mass is 16.1. The molecule has 1 aromatic carbocycles. The van der Waals surface area contributed by atoms with E-state index < -0.39 is 5.41 Å². The maximum Gasteiger partial charge on any atom is 0.234 e. The van der Waals surface area contributed by atoms with E-state index in [1.54, 1.807) is 6.20 Å². The maximum atomic E-state index is 12.5. The average molecular weight is 297 g/mol. The molecule has 0 aliphatic heterocycles. The molecule has 0 radical (unpaired) electrons. The summed E-state index contributed by atoms with van der Waals surface area (Å²) >= 11 is 0. The molecule has 4 nitrogen and oxygen atoms in total. The number of amides is 1. The van der Waals surface area contributed by atoms with Gasteiger partial charge in [0.1, 0.15) is 5.41 Å². The number of pyridine rings is 1. The molecule has 0 spiro atoms. The Morgan fingerprint density at radius 1 is 1.18 bits per heavy atom. The van der Waals surface area contributed by atoms with Crippen LogP contribution in [0.1, 0.15) is 24.6 Å². The van der Waals surface area contributed by atoms with Gasteiger partial charge in [0.25, 0.3) is 0 Å². The molecular weight excluding hydrogens is 274 g/mol. The molecule has 0 bridgehead atoms. The summed E-state index contributed by atoms with van der Waals surface area (Å²) < 4.78 is 0. The van der Waals surface area contributed by atoms with Gasteiger partial charge in [-0.05, 0) is 45.1 Å². The van der Waals surface area contributed by atoms with Crippen LogP contribution in [0.25, 0.3) is 0 Å². The molecule has 1 amide bonds. The summed E-state index contributed by atoms with van der Waals surface area (Å²) in [5, 5.41) is 0. The van der Waals surface area contributed by atoms with Crippen LogP contribution in [0.5, 0.6) is 0 Å². The van der Waals surface area contributed by atoms with E-state index in [9.17, 15) is 4.79 Å². The quantitative estimate of drug-likeness (QED) is 0.889. The zero-order valence-corrected chi connectivity index (χ0v) is 13.4. The molecule has 2 N–H and O–H groups in total. The van der Waals surface area contributed by atoms with Crippen molar-refractivity contribution in [2.75, 3.05) is 14.1 Å². The lowest BCUT2D eigenvalue weighted by atomic mass is 9.72. The lowest BCUT2D eigenvalue weighted by Crippen LogP contribution is -2.47. The van der Waals surface area contributed by atoms with Crippen molar-refractivity contribution >= 4 is 5.91 Å². The third-order valence-electron chi connectivity index (χ3n) is 4.27. The number of carbonyl (C=O) groups excluding carboxylic acids is 1. The van der Waals surface area contributed by atoms with Gasteiger partial charge < -0.3 is 10.6 Å². The Kier molecular flexibility index (Phi) is 4.93. The van der Waals surface area contributed by atoms with Crippen LogP contribution in [0.4, 0.5) is 0 Å². The van der Waals surface area contributed by atoms with Crippen LogP contribution in [0.2, 0.25) is 0 Å². The van der Waals surface area contributed by atoms with Crippen LogP contribution < -0.4 is 5.73 Å². The van der Waals surface area contributed by atoms with E-state index in [0.717, 1.165) is 5.56 Å². The van der Waals surface area contributed by atoms with E-state index >= 15 is 0 Å². The summed E-state index contributed by atoms with van der Waals surface area (Å²) in [7, 11) is 4.00. The third kappa shape index (κ3) is 3.02. The Bertz CT molecular complexity index is 571.